The van der Waals surface area contributed by atoms with Crippen molar-refractivity contribution in [2.75, 3.05) is 0 Å². The molecule has 0 saturated heterocycles. The van der Waals surface area contributed by atoms with Crippen LogP contribution in [0.3, 0.4) is 0 Å². The first-order valence-electron chi connectivity index (χ1n) is 14.8. The van der Waals surface area contributed by atoms with Crippen molar-refractivity contribution in [3.05, 3.63) is 136 Å². The average Bonchev–Trinajstić information content (AvgIpc) is 3.29. The predicted molar refractivity (Wildman–Crippen MR) is 171 cm³/mol. The van der Waals surface area contributed by atoms with Gasteiger partial charge in [-0.25, -0.2) is 0 Å². The van der Waals surface area contributed by atoms with Crippen LogP contribution in [-0.2, 0) is 46.5 Å². The quantitative estimate of drug-likeness (QED) is 0.118. The van der Waals surface area contributed by atoms with Crippen LogP contribution in [0.5, 0.6) is 0 Å². The molecule has 0 fully saturated rings. The third kappa shape index (κ3) is 9.17. The van der Waals surface area contributed by atoms with Gasteiger partial charge in [-0.3, -0.25) is 0 Å². The molecule has 207 valence electrons. The van der Waals surface area contributed by atoms with Gasteiger partial charge in [0.05, 0.1) is 0 Å². The summed E-state index contributed by atoms with van der Waals surface area (Å²) in [6.07, 6.45) is 14.8. The predicted octanol–water partition coefficient (Wildman–Crippen LogP) is 11.2. The molecule has 0 heterocycles. The number of halogens is 2. The molecule has 5 rings (SSSR count). The summed E-state index contributed by atoms with van der Waals surface area (Å²) >= 11 is -0.826. The Morgan fingerprint density at radius 3 is 1.27 bits per heavy atom. The van der Waals surface area contributed by atoms with E-state index in [0.717, 1.165) is 0 Å². The van der Waals surface area contributed by atoms with Crippen molar-refractivity contribution in [1.29, 1.82) is 0 Å². The van der Waals surface area contributed by atoms with Crippen molar-refractivity contribution in [2.24, 2.45) is 0 Å². The van der Waals surface area contributed by atoms with Gasteiger partial charge in [-0.2, -0.15) is 0 Å². The van der Waals surface area contributed by atoms with Crippen LogP contribution in [0, 0.1) is 20.3 Å². The van der Waals surface area contributed by atoms with Crippen molar-refractivity contribution in [3.63, 3.8) is 0 Å². The van der Waals surface area contributed by atoms with E-state index in [2.05, 4.69) is 105 Å². The molecule has 1 radical (unpaired) electrons. The van der Waals surface area contributed by atoms with E-state index >= 15 is 0 Å². The summed E-state index contributed by atoms with van der Waals surface area (Å²) in [4.78, 5) is 0. The maximum atomic E-state index is 4.93. The molecule has 0 unspecified atom stereocenters. The molecule has 0 amide bonds. The number of hydrogen-bond donors (Lipinski definition) is 0. The second-order valence-corrected chi connectivity index (χ2v) is 14.8. The van der Waals surface area contributed by atoms with E-state index < -0.39 is 20.8 Å². The number of fused-ring (bicyclic) bond motifs is 3. The van der Waals surface area contributed by atoms with Crippen LogP contribution in [0.2, 0.25) is 0 Å². The molecule has 0 aliphatic heterocycles. The third-order valence-corrected chi connectivity index (χ3v) is 8.13. The van der Waals surface area contributed by atoms with E-state index in [1.54, 1.807) is 0 Å². The van der Waals surface area contributed by atoms with E-state index in [1.807, 2.05) is 0 Å². The molecule has 40 heavy (non-hydrogen) atoms. The van der Waals surface area contributed by atoms with Crippen molar-refractivity contribution in [1.82, 2.24) is 0 Å². The van der Waals surface area contributed by atoms with Gasteiger partial charge in [0.25, 0.3) is 0 Å². The summed E-state index contributed by atoms with van der Waals surface area (Å²) in [5.74, 6) is 0. The molecule has 1 aliphatic rings. The first-order chi connectivity index (χ1) is 19.6. The Labute approximate surface area is 261 Å². The SMILES string of the molecule is Cc1cc2c(cc1CCCCCc1ccccc1)-c1cc(CCCCCc3ccccc3)c(C)cc1[CH]2.[Cl][Zr][Cl]. The summed E-state index contributed by atoms with van der Waals surface area (Å²) in [5.41, 5.74) is 14.6. The minimum atomic E-state index is -0.826. The fraction of sp³-hybridized carbons (Fsp3) is 0.324. The van der Waals surface area contributed by atoms with Crippen LogP contribution in [-0.4, -0.2) is 0 Å². The third-order valence-electron chi connectivity index (χ3n) is 8.13. The molecule has 0 N–H and O–H groups in total. The number of benzene rings is 4. The molecule has 0 nitrogen and oxygen atoms in total. The van der Waals surface area contributed by atoms with Gasteiger partial charge < -0.3 is 0 Å². The number of unbranched alkanes of at least 4 members (excludes halogenated alkanes) is 4. The first kappa shape index (κ1) is 31.3. The van der Waals surface area contributed by atoms with Crippen molar-refractivity contribution in [2.45, 2.75) is 78.1 Å². The van der Waals surface area contributed by atoms with Gasteiger partial charge in [-0.1, -0.05) is 97.8 Å². The summed E-state index contributed by atoms with van der Waals surface area (Å²) in [6, 6.07) is 31.7. The van der Waals surface area contributed by atoms with E-state index in [-0.39, 0.29) is 0 Å². The molecular weight excluding hydrogens is 607 g/mol. The van der Waals surface area contributed by atoms with Crippen LogP contribution in [0.25, 0.3) is 11.1 Å². The normalized spacial score (nSPS) is 11.4. The molecule has 4 aromatic rings. The Hall–Kier alpha value is -1.66. The Morgan fingerprint density at radius 1 is 0.500 bits per heavy atom. The molecule has 0 aromatic heterocycles. The van der Waals surface area contributed by atoms with Crippen LogP contribution in [0.15, 0.2) is 84.9 Å². The average molecular weight is 648 g/mol. The monoisotopic (exact) mass is 645 g/mol. The maximum absolute atomic E-state index is 4.93. The molecule has 0 spiro atoms. The van der Waals surface area contributed by atoms with Crippen LogP contribution in [0.4, 0.5) is 0 Å². The molecule has 4 aromatic carbocycles. The zero-order chi connectivity index (χ0) is 28.2. The summed E-state index contributed by atoms with van der Waals surface area (Å²) < 4.78 is 0. The van der Waals surface area contributed by atoms with Crippen molar-refractivity contribution in [3.8, 4) is 11.1 Å². The van der Waals surface area contributed by atoms with Gasteiger partial charge in [0, 0.05) is 6.42 Å². The van der Waals surface area contributed by atoms with Crippen molar-refractivity contribution >= 4 is 17.0 Å². The van der Waals surface area contributed by atoms with Gasteiger partial charge in [-0.15, -0.1) is 0 Å². The second-order valence-electron chi connectivity index (χ2n) is 11.0. The van der Waals surface area contributed by atoms with E-state index in [0.29, 0.717) is 0 Å². The van der Waals surface area contributed by atoms with Crippen LogP contribution >= 0.6 is 17.0 Å². The van der Waals surface area contributed by atoms with Gasteiger partial charge in [-0.05, 0) is 121 Å². The molecular formula is C37H41Cl2Zr. The van der Waals surface area contributed by atoms with E-state index in [9.17, 15) is 0 Å². The zero-order valence-corrected chi connectivity index (χ0v) is 28.0. The Balaban J connectivity index is 0.00000118. The molecule has 0 atom stereocenters. The fourth-order valence-electron chi connectivity index (χ4n) is 5.89. The zero-order valence-electron chi connectivity index (χ0n) is 24.0. The summed E-state index contributed by atoms with van der Waals surface area (Å²) in [6.45, 7) is 4.59. The van der Waals surface area contributed by atoms with Gasteiger partial charge in [0.2, 0.25) is 0 Å². The molecule has 0 bridgehead atoms. The molecule has 3 heteroatoms. The number of rotatable bonds is 12. The van der Waals surface area contributed by atoms with Crippen molar-refractivity contribution < 1.29 is 20.8 Å². The Bertz CT molecular complexity index is 1230. The number of aryl methyl sites for hydroxylation is 6. The Kier molecular flexibility index (Phi) is 13.1. The van der Waals surface area contributed by atoms with Gasteiger partial charge >= 0.3 is 37.9 Å². The van der Waals surface area contributed by atoms with E-state index in [4.69, 9.17) is 17.0 Å². The van der Waals surface area contributed by atoms with E-state index in [1.165, 1.54) is 120 Å². The topological polar surface area (TPSA) is 0 Å². The standard InChI is InChI=1S/C37H41.2ClH.Zr/c1-28-23-34-25-35-24-29(2)33(22-14-6-12-20-31-17-9-4-10-18-31)27-37(35)36(34)26-32(28)21-13-5-11-19-30-15-7-3-8-16-30;;;/h3-4,7-10,15-18,23-27H,5-6,11-14,19-22H2,1-2H3;2*1H;/q;;;+2/p-2. The molecule has 0 saturated carbocycles. The van der Waals surface area contributed by atoms with Crippen LogP contribution < -0.4 is 0 Å². The van der Waals surface area contributed by atoms with Gasteiger partial charge in [0.1, 0.15) is 0 Å². The minimum absolute atomic E-state index is 0.826. The van der Waals surface area contributed by atoms with Crippen LogP contribution in [0.1, 0.15) is 83.0 Å². The number of hydrogen-bond acceptors (Lipinski definition) is 0. The fourth-order valence-corrected chi connectivity index (χ4v) is 5.89. The molecule has 1 aliphatic carbocycles. The first-order valence-corrected chi connectivity index (χ1v) is 21.1. The second kappa shape index (κ2) is 16.7. The summed E-state index contributed by atoms with van der Waals surface area (Å²) in [7, 11) is 9.87. The Morgan fingerprint density at radius 2 is 0.875 bits per heavy atom. The van der Waals surface area contributed by atoms with Gasteiger partial charge in [0.15, 0.2) is 0 Å². The summed E-state index contributed by atoms with van der Waals surface area (Å²) in [5, 5.41) is 0.